The first kappa shape index (κ1) is 10.9. The highest BCUT2D eigenvalue weighted by molar-refractivity contribution is 7.09. The fourth-order valence-electron chi connectivity index (χ4n) is 2.53. The van der Waals surface area contributed by atoms with Crippen molar-refractivity contribution in [1.29, 1.82) is 0 Å². The second-order valence-corrected chi connectivity index (χ2v) is 5.75. The largest absolute Gasteiger partial charge is 0.319 e. The predicted octanol–water partition coefficient (Wildman–Crippen LogP) is 2.79. The van der Waals surface area contributed by atoms with Gasteiger partial charge in [-0.15, -0.1) is 11.3 Å². The quantitative estimate of drug-likeness (QED) is 0.837. The number of aromatic nitrogens is 1. The van der Waals surface area contributed by atoms with Gasteiger partial charge in [0.1, 0.15) is 5.01 Å². The van der Waals surface area contributed by atoms with Gasteiger partial charge in [-0.05, 0) is 37.3 Å². The van der Waals surface area contributed by atoms with E-state index in [0.717, 1.165) is 30.0 Å². The molecule has 1 aliphatic rings. The van der Waals surface area contributed by atoms with E-state index in [4.69, 9.17) is 5.73 Å². The Morgan fingerprint density at radius 1 is 1.29 bits per heavy atom. The Balaban J connectivity index is 1.97. The van der Waals surface area contributed by atoms with Gasteiger partial charge in [-0.3, -0.25) is 0 Å². The highest BCUT2D eigenvalue weighted by Crippen LogP contribution is 2.35. The van der Waals surface area contributed by atoms with Gasteiger partial charge < -0.3 is 5.73 Å². The number of hydrogen-bond donors (Lipinski definition) is 1. The van der Waals surface area contributed by atoms with Gasteiger partial charge in [-0.2, -0.15) is 0 Å². The molecule has 2 nitrogen and oxygen atoms in total. The van der Waals surface area contributed by atoms with Crippen LogP contribution in [0.15, 0.2) is 29.6 Å². The average molecular weight is 244 g/mol. The molecule has 3 heteroatoms. The first-order valence-electron chi connectivity index (χ1n) is 5.96. The molecule has 1 unspecified atom stereocenters. The Morgan fingerprint density at radius 2 is 2.06 bits per heavy atom. The van der Waals surface area contributed by atoms with Crippen LogP contribution in [0.4, 0.5) is 0 Å². The van der Waals surface area contributed by atoms with E-state index in [1.54, 1.807) is 11.3 Å². The van der Waals surface area contributed by atoms with Gasteiger partial charge >= 0.3 is 0 Å². The fourth-order valence-corrected chi connectivity index (χ4v) is 3.47. The van der Waals surface area contributed by atoms with Gasteiger partial charge in [0.25, 0.3) is 0 Å². The number of rotatable bonds is 1. The Hall–Kier alpha value is -1.19. The molecule has 0 saturated heterocycles. The van der Waals surface area contributed by atoms with Gasteiger partial charge in [0.15, 0.2) is 0 Å². The molecule has 1 aromatic heterocycles. The molecule has 0 saturated carbocycles. The van der Waals surface area contributed by atoms with Crippen LogP contribution in [0.2, 0.25) is 0 Å². The van der Waals surface area contributed by atoms with E-state index >= 15 is 0 Å². The summed E-state index contributed by atoms with van der Waals surface area (Å²) in [6.07, 6.45) is 2.97. The van der Waals surface area contributed by atoms with Crippen molar-refractivity contribution in [3.05, 3.63) is 51.5 Å². The Kier molecular flexibility index (Phi) is 2.53. The maximum absolute atomic E-state index is 6.56. The first-order valence-corrected chi connectivity index (χ1v) is 6.84. The molecular formula is C14H16N2S. The lowest BCUT2D eigenvalue weighted by Gasteiger charge is -2.33. The zero-order valence-corrected chi connectivity index (χ0v) is 10.8. The zero-order chi connectivity index (χ0) is 11.9. The number of nitrogens with two attached hydrogens (primary N) is 1. The molecule has 1 aromatic carbocycles. The molecule has 1 heterocycles. The molecule has 0 aliphatic heterocycles. The summed E-state index contributed by atoms with van der Waals surface area (Å²) in [6, 6.07) is 8.60. The number of benzene rings is 1. The topological polar surface area (TPSA) is 38.9 Å². The van der Waals surface area contributed by atoms with Crippen LogP contribution in [0, 0.1) is 6.92 Å². The summed E-state index contributed by atoms with van der Waals surface area (Å²) < 4.78 is 0. The van der Waals surface area contributed by atoms with Crippen molar-refractivity contribution in [2.24, 2.45) is 5.73 Å². The average Bonchev–Trinajstić information content (AvgIpc) is 2.76. The van der Waals surface area contributed by atoms with Crippen LogP contribution in [0.25, 0.3) is 0 Å². The molecule has 0 spiro atoms. The minimum Gasteiger partial charge on any atom is -0.319 e. The molecule has 0 fully saturated rings. The lowest BCUT2D eigenvalue weighted by Crippen LogP contribution is -2.42. The number of nitrogens with zero attached hydrogens (tertiary/aromatic N) is 1. The highest BCUT2D eigenvalue weighted by atomic mass is 32.1. The number of hydrogen-bond acceptors (Lipinski definition) is 3. The van der Waals surface area contributed by atoms with E-state index in [0.29, 0.717) is 0 Å². The van der Waals surface area contributed by atoms with E-state index in [2.05, 4.69) is 34.6 Å². The zero-order valence-electron chi connectivity index (χ0n) is 9.94. The van der Waals surface area contributed by atoms with Crippen molar-refractivity contribution >= 4 is 11.3 Å². The van der Waals surface area contributed by atoms with Crippen LogP contribution >= 0.6 is 11.3 Å². The standard InChI is InChI=1S/C14H16N2S/c1-10-9-17-13(16-10)14(15)7-6-11-4-2-3-5-12(11)8-14/h2-5,9H,6-8,15H2,1H3. The summed E-state index contributed by atoms with van der Waals surface area (Å²) in [4.78, 5) is 4.57. The van der Waals surface area contributed by atoms with E-state index in [1.807, 2.05) is 6.92 Å². The molecule has 2 aromatic rings. The van der Waals surface area contributed by atoms with Gasteiger partial charge in [0.2, 0.25) is 0 Å². The van der Waals surface area contributed by atoms with E-state index < -0.39 is 0 Å². The summed E-state index contributed by atoms with van der Waals surface area (Å²) >= 11 is 1.69. The second kappa shape index (κ2) is 3.93. The van der Waals surface area contributed by atoms with Gasteiger partial charge in [-0.1, -0.05) is 24.3 Å². The molecule has 17 heavy (non-hydrogen) atoms. The van der Waals surface area contributed by atoms with Gasteiger partial charge in [0, 0.05) is 11.1 Å². The van der Waals surface area contributed by atoms with E-state index in [-0.39, 0.29) is 5.54 Å². The Labute approximate surface area is 106 Å². The number of aryl methyl sites for hydroxylation is 2. The lowest BCUT2D eigenvalue weighted by atomic mass is 9.79. The number of fused-ring (bicyclic) bond motifs is 1. The Morgan fingerprint density at radius 3 is 2.76 bits per heavy atom. The van der Waals surface area contributed by atoms with Crippen LogP contribution in [-0.2, 0) is 18.4 Å². The van der Waals surface area contributed by atoms with Crippen LogP contribution in [0.3, 0.4) is 0 Å². The maximum atomic E-state index is 6.56. The van der Waals surface area contributed by atoms with Crippen LogP contribution in [-0.4, -0.2) is 4.98 Å². The minimum atomic E-state index is -0.257. The normalized spacial score (nSPS) is 23.4. The third kappa shape index (κ3) is 1.90. The molecule has 1 aliphatic carbocycles. The van der Waals surface area contributed by atoms with Crippen molar-refractivity contribution in [2.45, 2.75) is 31.7 Å². The van der Waals surface area contributed by atoms with Crippen LogP contribution in [0.5, 0.6) is 0 Å². The van der Waals surface area contributed by atoms with Crippen LogP contribution < -0.4 is 5.73 Å². The Bertz CT molecular complexity index is 547. The molecular weight excluding hydrogens is 228 g/mol. The molecule has 3 rings (SSSR count). The second-order valence-electron chi connectivity index (χ2n) is 4.90. The van der Waals surface area contributed by atoms with E-state index in [1.165, 1.54) is 11.1 Å². The predicted molar refractivity (Wildman–Crippen MR) is 71.2 cm³/mol. The minimum absolute atomic E-state index is 0.257. The third-order valence-electron chi connectivity index (χ3n) is 3.51. The van der Waals surface area contributed by atoms with Crippen molar-refractivity contribution < 1.29 is 0 Å². The molecule has 0 amide bonds. The van der Waals surface area contributed by atoms with Crippen molar-refractivity contribution in [3.63, 3.8) is 0 Å². The smallest absolute Gasteiger partial charge is 0.113 e. The molecule has 88 valence electrons. The summed E-state index contributed by atoms with van der Waals surface area (Å²) in [6.45, 7) is 2.03. The monoisotopic (exact) mass is 244 g/mol. The summed E-state index contributed by atoms with van der Waals surface area (Å²) in [5.41, 5.74) is 10.2. The maximum Gasteiger partial charge on any atom is 0.113 e. The third-order valence-corrected chi connectivity index (χ3v) is 4.69. The molecule has 2 N–H and O–H groups in total. The van der Waals surface area contributed by atoms with Crippen molar-refractivity contribution in [2.75, 3.05) is 0 Å². The highest BCUT2D eigenvalue weighted by Gasteiger charge is 2.34. The SMILES string of the molecule is Cc1csc(C2(N)CCc3ccccc3C2)n1. The summed E-state index contributed by atoms with van der Waals surface area (Å²) in [7, 11) is 0. The molecule has 0 bridgehead atoms. The molecule has 0 radical (unpaired) electrons. The summed E-state index contributed by atoms with van der Waals surface area (Å²) in [5.74, 6) is 0. The van der Waals surface area contributed by atoms with Gasteiger partial charge in [-0.25, -0.2) is 4.98 Å². The van der Waals surface area contributed by atoms with Crippen LogP contribution in [0.1, 0.15) is 28.2 Å². The van der Waals surface area contributed by atoms with Gasteiger partial charge in [0.05, 0.1) is 5.54 Å². The summed E-state index contributed by atoms with van der Waals surface area (Å²) in [5, 5.41) is 3.18. The molecule has 1 atom stereocenters. The fraction of sp³-hybridized carbons (Fsp3) is 0.357. The van der Waals surface area contributed by atoms with Crippen molar-refractivity contribution in [1.82, 2.24) is 4.98 Å². The lowest BCUT2D eigenvalue weighted by molar-refractivity contribution is 0.383. The van der Waals surface area contributed by atoms with E-state index in [9.17, 15) is 0 Å². The van der Waals surface area contributed by atoms with Crippen molar-refractivity contribution in [3.8, 4) is 0 Å². The first-order chi connectivity index (χ1) is 8.17. The number of thiazole rings is 1.